The predicted octanol–water partition coefficient (Wildman–Crippen LogP) is 3.18. The highest BCUT2D eigenvalue weighted by atomic mass is 32.1. The molecule has 0 spiro atoms. The summed E-state index contributed by atoms with van der Waals surface area (Å²) in [5.74, 6) is 0.636. The van der Waals surface area contributed by atoms with Gasteiger partial charge in [-0.15, -0.1) is 11.3 Å². The number of aryl methyl sites for hydroxylation is 1. The van der Waals surface area contributed by atoms with Crippen LogP contribution in [0.1, 0.15) is 36.5 Å². The van der Waals surface area contributed by atoms with Crippen LogP contribution in [0.4, 0.5) is 0 Å². The second-order valence-electron chi connectivity index (χ2n) is 5.69. The molecule has 0 saturated heterocycles. The Morgan fingerprint density at radius 1 is 1.29 bits per heavy atom. The lowest BCUT2D eigenvalue weighted by molar-refractivity contribution is -0.121. The van der Waals surface area contributed by atoms with Gasteiger partial charge in [-0.05, 0) is 36.9 Å². The summed E-state index contributed by atoms with van der Waals surface area (Å²) in [6.07, 6.45) is 1.62. The maximum absolute atomic E-state index is 12.0. The van der Waals surface area contributed by atoms with Gasteiger partial charge in [-0.2, -0.15) is 0 Å². The molecule has 24 heavy (non-hydrogen) atoms. The van der Waals surface area contributed by atoms with Crippen LogP contribution in [-0.4, -0.2) is 15.9 Å². The Balaban J connectivity index is 1.54. The summed E-state index contributed by atoms with van der Waals surface area (Å²) in [6.45, 7) is 1.98. The number of carbonyl (C=O) groups excluding carboxylic acids is 1. The number of H-pyrrole nitrogens is 1. The van der Waals surface area contributed by atoms with Crippen LogP contribution in [0.2, 0.25) is 0 Å². The largest absolute Gasteiger partial charge is 0.349 e. The number of thiophene rings is 1. The Hall–Kier alpha value is -2.47. The molecule has 1 aromatic carbocycles. The van der Waals surface area contributed by atoms with Crippen LogP contribution in [0.5, 0.6) is 0 Å². The van der Waals surface area contributed by atoms with Crippen molar-refractivity contribution >= 4 is 28.1 Å². The number of amides is 1. The first kappa shape index (κ1) is 16.4. The molecular formula is C18H19N3O2S. The first-order valence-corrected chi connectivity index (χ1v) is 8.82. The Kier molecular flexibility index (Phi) is 5.05. The fraction of sp³-hybridized carbons (Fsp3) is 0.278. The van der Waals surface area contributed by atoms with Crippen molar-refractivity contribution < 1.29 is 4.79 Å². The van der Waals surface area contributed by atoms with Crippen LogP contribution in [-0.2, 0) is 11.2 Å². The molecule has 1 unspecified atom stereocenters. The van der Waals surface area contributed by atoms with Gasteiger partial charge in [0.15, 0.2) is 0 Å². The van der Waals surface area contributed by atoms with Gasteiger partial charge in [-0.3, -0.25) is 9.59 Å². The minimum absolute atomic E-state index is 0.0130. The lowest BCUT2D eigenvalue weighted by Gasteiger charge is -2.12. The highest BCUT2D eigenvalue weighted by Gasteiger charge is 2.10. The van der Waals surface area contributed by atoms with E-state index in [0.29, 0.717) is 36.0 Å². The number of carbonyl (C=O) groups is 1. The van der Waals surface area contributed by atoms with Crippen LogP contribution in [0.15, 0.2) is 46.6 Å². The summed E-state index contributed by atoms with van der Waals surface area (Å²) in [4.78, 5) is 32.4. The summed E-state index contributed by atoms with van der Waals surface area (Å²) in [6, 6.07) is 11.3. The molecule has 3 aromatic rings. The van der Waals surface area contributed by atoms with E-state index in [1.54, 1.807) is 17.4 Å². The number of benzene rings is 1. The Labute approximate surface area is 143 Å². The molecule has 1 atom stereocenters. The van der Waals surface area contributed by atoms with E-state index in [1.807, 2.05) is 42.6 Å². The number of aromatic amines is 1. The molecule has 2 N–H and O–H groups in total. The highest BCUT2D eigenvalue weighted by molar-refractivity contribution is 7.10. The first-order chi connectivity index (χ1) is 11.6. The third-order valence-corrected chi connectivity index (χ3v) is 4.88. The minimum atomic E-state index is -0.133. The van der Waals surface area contributed by atoms with E-state index in [2.05, 4.69) is 15.3 Å². The zero-order chi connectivity index (χ0) is 16.9. The average Bonchev–Trinajstić information content (AvgIpc) is 3.09. The maximum Gasteiger partial charge on any atom is 0.258 e. The zero-order valence-corrected chi connectivity index (χ0v) is 14.2. The van der Waals surface area contributed by atoms with E-state index >= 15 is 0 Å². The molecule has 0 aliphatic heterocycles. The van der Waals surface area contributed by atoms with E-state index in [-0.39, 0.29) is 17.5 Å². The van der Waals surface area contributed by atoms with Crippen molar-refractivity contribution in [2.45, 2.75) is 32.2 Å². The Morgan fingerprint density at radius 2 is 2.12 bits per heavy atom. The van der Waals surface area contributed by atoms with E-state index in [1.165, 1.54) is 0 Å². The monoisotopic (exact) mass is 341 g/mol. The SMILES string of the molecule is CC(NC(=O)CCCc1nc2ccccc2c(=O)[nH]1)c1cccs1. The number of nitrogens with one attached hydrogen (secondary N) is 2. The molecule has 124 valence electrons. The van der Waals surface area contributed by atoms with Gasteiger partial charge >= 0.3 is 0 Å². The molecule has 1 amide bonds. The Morgan fingerprint density at radius 3 is 2.92 bits per heavy atom. The van der Waals surface area contributed by atoms with Crippen molar-refractivity contribution in [3.63, 3.8) is 0 Å². The number of hydrogen-bond acceptors (Lipinski definition) is 4. The number of fused-ring (bicyclic) bond motifs is 1. The van der Waals surface area contributed by atoms with Gasteiger partial charge in [0, 0.05) is 17.7 Å². The van der Waals surface area contributed by atoms with E-state index in [9.17, 15) is 9.59 Å². The Bertz CT molecular complexity index is 887. The molecule has 0 aliphatic rings. The zero-order valence-electron chi connectivity index (χ0n) is 13.4. The van der Waals surface area contributed by atoms with E-state index in [0.717, 1.165) is 4.88 Å². The minimum Gasteiger partial charge on any atom is -0.349 e. The molecule has 0 fully saturated rings. The van der Waals surface area contributed by atoms with Gasteiger partial charge in [0.25, 0.3) is 5.56 Å². The van der Waals surface area contributed by atoms with Crippen LogP contribution >= 0.6 is 11.3 Å². The molecule has 2 aromatic heterocycles. The van der Waals surface area contributed by atoms with Crippen molar-refractivity contribution in [3.05, 3.63) is 62.8 Å². The van der Waals surface area contributed by atoms with Gasteiger partial charge < -0.3 is 10.3 Å². The van der Waals surface area contributed by atoms with Crippen molar-refractivity contribution in [2.24, 2.45) is 0 Å². The third kappa shape index (κ3) is 3.89. The topological polar surface area (TPSA) is 74.8 Å². The fourth-order valence-corrected chi connectivity index (χ4v) is 3.33. The van der Waals surface area contributed by atoms with Gasteiger partial charge in [-0.25, -0.2) is 4.98 Å². The lowest BCUT2D eigenvalue weighted by atomic mass is 10.2. The molecule has 0 saturated carbocycles. The van der Waals surface area contributed by atoms with Crippen LogP contribution in [0.25, 0.3) is 10.9 Å². The number of para-hydroxylation sites is 1. The molecule has 0 radical (unpaired) electrons. The summed E-state index contributed by atoms with van der Waals surface area (Å²) in [5.41, 5.74) is 0.554. The van der Waals surface area contributed by atoms with E-state index < -0.39 is 0 Å². The quantitative estimate of drug-likeness (QED) is 0.723. The summed E-state index contributed by atoms with van der Waals surface area (Å²) >= 11 is 1.63. The average molecular weight is 341 g/mol. The molecule has 0 bridgehead atoms. The number of hydrogen-bond donors (Lipinski definition) is 2. The van der Waals surface area contributed by atoms with Crippen LogP contribution < -0.4 is 10.9 Å². The molecule has 2 heterocycles. The summed E-state index contributed by atoms with van der Waals surface area (Å²) < 4.78 is 0. The van der Waals surface area contributed by atoms with Gasteiger partial charge in [0.05, 0.1) is 16.9 Å². The molecule has 6 heteroatoms. The van der Waals surface area contributed by atoms with Crippen molar-refractivity contribution in [3.8, 4) is 0 Å². The number of aromatic nitrogens is 2. The molecule has 3 rings (SSSR count). The van der Waals surface area contributed by atoms with Crippen LogP contribution in [0, 0.1) is 0 Å². The predicted molar refractivity (Wildman–Crippen MR) is 96.2 cm³/mol. The van der Waals surface area contributed by atoms with Crippen molar-refractivity contribution in [2.75, 3.05) is 0 Å². The standard InChI is InChI=1S/C18H19N3O2S/c1-12(15-8-5-11-24-15)19-17(22)10-4-9-16-20-14-7-3-2-6-13(14)18(23)21-16/h2-3,5-8,11-12H,4,9-10H2,1H3,(H,19,22)(H,20,21,23). The van der Waals surface area contributed by atoms with Gasteiger partial charge in [0.2, 0.25) is 5.91 Å². The van der Waals surface area contributed by atoms with Crippen LogP contribution in [0.3, 0.4) is 0 Å². The van der Waals surface area contributed by atoms with E-state index in [4.69, 9.17) is 0 Å². The maximum atomic E-state index is 12.0. The highest BCUT2D eigenvalue weighted by Crippen LogP contribution is 2.18. The molecule has 5 nitrogen and oxygen atoms in total. The number of rotatable bonds is 6. The molecule has 0 aliphatic carbocycles. The second kappa shape index (κ2) is 7.40. The summed E-state index contributed by atoms with van der Waals surface area (Å²) in [7, 11) is 0. The molecular weight excluding hydrogens is 322 g/mol. The van der Waals surface area contributed by atoms with Gasteiger partial charge in [-0.1, -0.05) is 18.2 Å². The second-order valence-corrected chi connectivity index (χ2v) is 6.67. The fourth-order valence-electron chi connectivity index (χ4n) is 2.59. The van der Waals surface area contributed by atoms with Crippen molar-refractivity contribution in [1.29, 1.82) is 0 Å². The summed E-state index contributed by atoms with van der Waals surface area (Å²) in [5, 5.41) is 5.58. The lowest BCUT2D eigenvalue weighted by Crippen LogP contribution is -2.26. The van der Waals surface area contributed by atoms with Crippen molar-refractivity contribution in [1.82, 2.24) is 15.3 Å². The first-order valence-electron chi connectivity index (χ1n) is 7.94. The number of nitrogens with zero attached hydrogens (tertiary/aromatic N) is 1. The normalized spacial score (nSPS) is 12.2. The third-order valence-electron chi connectivity index (χ3n) is 3.83. The van der Waals surface area contributed by atoms with Gasteiger partial charge in [0.1, 0.15) is 5.82 Å². The smallest absolute Gasteiger partial charge is 0.258 e.